The van der Waals surface area contributed by atoms with E-state index in [4.69, 9.17) is 4.74 Å². The number of rotatable bonds is 5. The van der Waals surface area contributed by atoms with Crippen LogP contribution in [0, 0.1) is 5.92 Å². The highest BCUT2D eigenvalue weighted by Gasteiger charge is 2.20. The summed E-state index contributed by atoms with van der Waals surface area (Å²) in [6, 6.07) is 0.266. The van der Waals surface area contributed by atoms with E-state index in [0.717, 1.165) is 13.1 Å². The molecule has 5 heteroatoms. The highest BCUT2D eigenvalue weighted by molar-refractivity contribution is 5.85. The monoisotopic (exact) mass is 250 g/mol. The fourth-order valence-corrected chi connectivity index (χ4v) is 1.94. The Kier molecular flexibility index (Phi) is 8.61. The number of halogens is 1. The standard InChI is InChI=1S/C11H22N2O2.ClH/c1-9(10-4-3-6-12-8-10)13-11(14)5-7-15-2;/h9-10,12H,3-8H2,1-2H3,(H,13,14);1H. The fraction of sp³-hybridized carbons (Fsp3) is 0.909. The lowest BCUT2D eigenvalue weighted by Crippen LogP contribution is -2.44. The summed E-state index contributed by atoms with van der Waals surface area (Å²) in [4.78, 5) is 11.4. The first-order valence-electron chi connectivity index (χ1n) is 5.73. The molecule has 1 fully saturated rings. The van der Waals surface area contributed by atoms with E-state index < -0.39 is 0 Å². The van der Waals surface area contributed by atoms with Crippen molar-refractivity contribution in [2.45, 2.75) is 32.2 Å². The van der Waals surface area contributed by atoms with Crippen LogP contribution in [0.3, 0.4) is 0 Å². The molecule has 0 aromatic carbocycles. The summed E-state index contributed by atoms with van der Waals surface area (Å²) in [5.41, 5.74) is 0. The molecule has 2 unspecified atom stereocenters. The van der Waals surface area contributed by atoms with Gasteiger partial charge >= 0.3 is 0 Å². The van der Waals surface area contributed by atoms with E-state index in [1.54, 1.807) is 7.11 Å². The van der Waals surface area contributed by atoms with E-state index in [2.05, 4.69) is 17.6 Å². The largest absolute Gasteiger partial charge is 0.384 e. The molecule has 0 saturated carbocycles. The highest BCUT2D eigenvalue weighted by atomic mass is 35.5. The molecule has 2 atom stereocenters. The van der Waals surface area contributed by atoms with Gasteiger partial charge in [-0.15, -0.1) is 12.4 Å². The van der Waals surface area contributed by atoms with Crippen LogP contribution >= 0.6 is 12.4 Å². The van der Waals surface area contributed by atoms with Crippen molar-refractivity contribution in [1.82, 2.24) is 10.6 Å². The second-order valence-corrected chi connectivity index (χ2v) is 4.21. The average Bonchev–Trinajstić information content (AvgIpc) is 2.27. The van der Waals surface area contributed by atoms with Crippen molar-refractivity contribution in [1.29, 1.82) is 0 Å². The van der Waals surface area contributed by atoms with E-state index in [1.807, 2.05) is 0 Å². The lowest BCUT2D eigenvalue weighted by atomic mass is 9.93. The molecule has 0 aromatic heterocycles. The quantitative estimate of drug-likeness (QED) is 0.764. The van der Waals surface area contributed by atoms with E-state index >= 15 is 0 Å². The predicted octanol–water partition coefficient (Wildman–Crippen LogP) is 0.949. The Bertz CT molecular complexity index is 196. The maximum Gasteiger partial charge on any atom is 0.222 e. The van der Waals surface area contributed by atoms with Crippen LogP contribution in [0.25, 0.3) is 0 Å². The summed E-state index contributed by atoms with van der Waals surface area (Å²) in [5.74, 6) is 0.667. The van der Waals surface area contributed by atoms with Crippen LogP contribution in [0.4, 0.5) is 0 Å². The first-order valence-corrected chi connectivity index (χ1v) is 5.73. The Hall–Kier alpha value is -0.320. The average molecular weight is 251 g/mol. The summed E-state index contributed by atoms with van der Waals surface area (Å²) in [5, 5.41) is 6.38. The molecule has 0 radical (unpaired) electrons. The van der Waals surface area contributed by atoms with Gasteiger partial charge < -0.3 is 15.4 Å². The summed E-state index contributed by atoms with van der Waals surface area (Å²) >= 11 is 0. The van der Waals surface area contributed by atoms with Gasteiger partial charge in [-0.05, 0) is 38.8 Å². The second kappa shape index (κ2) is 8.79. The van der Waals surface area contributed by atoms with Crippen LogP contribution in [0.2, 0.25) is 0 Å². The first-order chi connectivity index (χ1) is 7.24. The normalized spacial score (nSPS) is 22.0. The van der Waals surface area contributed by atoms with Gasteiger partial charge in [-0.2, -0.15) is 0 Å². The summed E-state index contributed by atoms with van der Waals surface area (Å²) in [6.07, 6.45) is 2.88. The number of carbonyl (C=O) groups is 1. The molecule has 0 aliphatic carbocycles. The maximum absolute atomic E-state index is 11.4. The first kappa shape index (κ1) is 15.7. The van der Waals surface area contributed by atoms with E-state index in [1.165, 1.54) is 12.8 Å². The van der Waals surface area contributed by atoms with Gasteiger partial charge in [0.1, 0.15) is 0 Å². The molecule has 0 bridgehead atoms. The number of hydrogen-bond donors (Lipinski definition) is 2. The summed E-state index contributed by atoms with van der Waals surface area (Å²) in [6.45, 7) is 4.72. The minimum Gasteiger partial charge on any atom is -0.384 e. The number of nitrogens with one attached hydrogen (secondary N) is 2. The third-order valence-electron chi connectivity index (χ3n) is 2.96. The van der Waals surface area contributed by atoms with Gasteiger partial charge in [-0.25, -0.2) is 0 Å². The number of amides is 1. The molecule has 1 aliphatic heterocycles. The van der Waals surface area contributed by atoms with Crippen molar-refractivity contribution in [2.24, 2.45) is 5.92 Å². The number of ether oxygens (including phenoxy) is 1. The van der Waals surface area contributed by atoms with Crippen LogP contribution in [0.5, 0.6) is 0 Å². The molecular formula is C11H23ClN2O2. The number of hydrogen-bond acceptors (Lipinski definition) is 3. The Balaban J connectivity index is 0.00000225. The number of piperidine rings is 1. The Morgan fingerprint density at radius 2 is 2.38 bits per heavy atom. The summed E-state index contributed by atoms with van der Waals surface area (Å²) in [7, 11) is 1.61. The SMILES string of the molecule is COCCC(=O)NC(C)C1CCCNC1.Cl. The molecule has 1 amide bonds. The van der Waals surface area contributed by atoms with Gasteiger partial charge in [0.2, 0.25) is 5.91 Å². The topological polar surface area (TPSA) is 50.4 Å². The number of carbonyl (C=O) groups excluding carboxylic acids is 1. The lowest BCUT2D eigenvalue weighted by molar-refractivity contribution is -0.122. The van der Waals surface area contributed by atoms with Crippen molar-refractivity contribution in [3.63, 3.8) is 0 Å². The smallest absolute Gasteiger partial charge is 0.222 e. The molecule has 1 heterocycles. The van der Waals surface area contributed by atoms with Gasteiger partial charge in [-0.1, -0.05) is 0 Å². The van der Waals surface area contributed by atoms with Crippen molar-refractivity contribution < 1.29 is 9.53 Å². The molecule has 0 spiro atoms. The maximum atomic E-state index is 11.4. The lowest BCUT2D eigenvalue weighted by Gasteiger charge is -2.28. The van der Waals surface area contributed by atoms with Crippen LogP contribution in [0.15, 0.2) is 0 Å². The predicted molar refractivity (Wildman–Crippen MR) is 66.9 cm³/mol. The molecule has 16 heavy (non-hydrogen) atoms. The third-order valence-corrected chi connectivity index (χ3v) is 2.96. The van der Waals surface area contributed by atoms with Crippen molar-refractivity contribution in [3.05, 3.63) is 0 Å². The zero-order valence-corrected chi connectivity index (χ0v) is 10.9. The van der Waals surface area contributed by atoms with Crippen LogP contribution in [-0.2, 0) is 9.53 Å². The minimum atomic E-state index is 0. The molecular weight excluding hydrogens is 228 g/mol. The molecule has 1 rings (SSSR count). The molecule has 1 aliphatic rings. The van der Waals surface area contributed by atoms with Crippen LogP contribution in [0.1, 0.15) is 26.2 Å². The van der Waals surface area contributed by atoms with E-state index in [-0.39, 0.29) is 24.4 Å². The molecule has 4 nitrogen and oxygen atoms in total. The molecule has 96 valence electrons. The van der Waals surface area contributed by atoms with Gasteiger partial charge in [0.05, 0.1) is 6.61 Å². The van der Waals surface area contributed by atoms with Gasteiger partial charge in [0.15, 0.2) is 0 Å². The third kappa shape index (κ3) is 5.68. The highest BCUT2D eigenvalue weighted by Crippen LogP contribution is 2.13. The van der Waals surface area contributed by atoms with Crippen molar-refractivity contribution >= 4 is 18.3 Å². The van der Waals surface area contributed by atoms with Crippen LogP contribution in [-0.4, -0.2) is 38.8 Å². The zero-order chi connectivity index (χ0) is 11.1. The summed E-state index contributed by atoms with van der Waals surface area (Å²) < 4.78 is 4.87. The molecule has 1 saturated heterocycles. The number of methoxy groups -OCH3 is 1. The minimum absolute atomic E-state index is 0. The van der Waals surface area contributed by atoms with Crippen molar-refractivity contribution in [3.8, 4) is 0 Å². The Morgan fingerprint density at radius 1 is 1.62 bits per heavy atom. The van der Waals surface area contributed by atoms with E-state index in [9.17, 15) is 4.79 Å². The second-order valence-electron chi connectivity index (χ2n) is 4.21. The molecule has 2 N–H and O–H groups in total. The zero-order valence-electron chi connectivity index (χ0n) is 10.1. The fourth-order valence-electron chi connectivity index (χ4n) is 1.94. The Morgan fingerprint density at radius 3 is 2.94 bits per heavy atom. The van der Waals surface area contributed by atoms with Gasteiger partial charge in [0, 0.05) is 19.6 Å². The van der Waals surface area contributed by atoms with E-state index in [0.29, 0.717) is 18.9 Å². The molecule has 0 aromatic rings. The Labute approximate surface area is 104 Å². The van der Waals surface area contributed by atoms with Crippen LogP contribution < -0.4 is 10.6 Å². The van der Waals surface area contributed by atoms with Gasteiger partial charge in [-0.3, -0.25) is 4.79 Å². The van der Waals surface area contributed by atoms with Crippen molar-refractivity contribution in [2.75, 3.05) is 26.8 Å². The van der Waals surface area contributed by atoms with Gasteiger partial charge in [0.25, 0.3) is 0 Å².